The van der Waals surface area contributed by atoms with Crippen LogP contribution in [0.3, 0.4) is 0 Å². The molecule has 0 atom stereocenters. The van der Waals surface area contributed by atoms with Crippen LogP contribution >= 0.6 is 0 Å². The molecule has 0 bridgehead atoms. The molecule has 1 N–H and O–H groups in total. The highest BCUT2D eigenvalue weighted by molar-refractivity contribution is 6.45. The lowest BCUT2D eigenvalue weighted by Crippen LogP contribution is -2.31. The van der Waals surface area contributed by atoms with Crippen molar-refractivity contribution in [2.75, 3.05) is 13.7 Å². The fraction of sp³-hybridized carbons (Fsp3) is 0.167. The van der Waals surface area contributed by atoms with Crippen LogP contribution in [0.1, 0.15) is 21.5 Å². The highest BCUT2D eigenvalue weighted by Crippen LogP contribution is 2.23. The van der Waals surface area contributed by atoms with Gasteiger partial charge in [-0.25, -0.2) is 4.79 Å². The highest BCUT2D eigenvalue weighted by atomic mass is 16.5. The average molecular weight is 432 g/mol. The summed E-state index contributed by atoms with van der Waals surface area (Å²) in [7, 11) is 1.35. The quantitative estimate of drug-likeness (QED) is 0.349. The number of ketones is 1. The summed E-state index contributed by atoms with van der Waals surface area (Å²) >= 11 is 0. The maximum Gasteiger partial charge on any atom is 0.333 e. The lowest BCUT2D eigenvalue weighted by Gasteiger charge is -2.07. The van der Waals surface area contributed by atoms with E-state index in [1.54, 1.807) is 18.3 Å². The maximum atomic E-state index is 12.8. The molecule has 8 heteroatoms. The molecule has 3 aromatic rings. The van der Waals surface area contributed by atoms with E-state index in [4.69, 9.17) is 4.74 Å². The van der Waals surface area contributed by atoms with Crippen molar-refractivity contribution >= 4 is 34.5 Å². The highest BCUT2D eigenvalue weighted by Gasteiger charge is 2.24. The molecule has 2 heterocycles. The molecule has 32 heavy (non-hydrogen) atoms. The summed E-state index contributed by atoms with van der Waals surface area (Å²) in [5.41, 5.74) is 3.14. The van der Waals surface area contributed by atoms with Gasteiger partial charge in [0.2, 0.25) is 0 Å². The normalized spacial score (nSPS) is 12.9. The number of ether oxygens (including phenoxy) is 2. The summed E-state index contributed by atoms with van der Waals surface area (Å²) in [6.45, 7) is 0.410. The van der Waals surface area contributed by atoms with Gasteiger partial charge in [0, 0.05) is 29.7 Å². The number of rotatable bonds is 7. The number of Topliss-reactive ketones (excluding diaryl/α,β-unsaturated/α-hetero) is 1. The zero-order chi connectivity index (χ0) is 22.7. The number of benzene rings is 2. The van der Waals surface area contributed by atoms with Crippen LogP contribution in [0.5, 0.6) is 0 Å². The van der Waals surface area contributed by atoms with E-state index < -0.39 is 17.7 Å². The van der Waals surface area contributed by atoms with Gasteiger partial charge in [-0.05, 0) is 17.2 Å². The second kappa shape index (κ2) is 8.89. The van der Waals surface area contributed by atoms with Crippen molar-refractivity contribution in [1.29, 1.82) is 0 Å². The van der Waals surface area contributed by atoms with E-state index in [0.29, 0.717) is 11.9 Å². The van der Waals surface area contributed by atoms with Crippen LogP contribution in [0.4, 0.5) is 0 Å². The van der Waals surface area contributed by atoms with Crippen molar-refractivity contribution in [3.8, 4) is 0 Å². The third kappa shape index (κ3) is 4.44. The van der Waals surface area contributed by atoms with Gasteiger partial charge in [-0.3, -0.25) is 14.4 Å². The van der Waals surface area contributed by atoms with Crippen molar-refractivity contribution in [2.24, 2.45) is 0 Å². The van der Waals surface area contributed by atoms with E-state index in [0.717, 1.165) is 22.7 Å². The molecule has 162 valence electrons. The van der Waals surface area contributed by atoms with Crippen LogP contribution in [-0.4, -0.2) is 41.9 Å². The monoisotopic (exact) mass is 432 g/mol. The van der Waals surface area contributed by atoms with Crippen molar-refractivity contribution in [3.05, 3.63) is 83.2 Å². The summed E-state index contributed by atoms with van der Waals surface area (Å²) in [5, 5.41) is 3.09. The average Bonchev–Trinajstić information content (AvgIpc) is 3.37. The second-order valence-electron chi connectivity index (χ2n) is 7.32. The molecule has 0 aliphatic carbocycles. The fourth-order valence-corrected chi connectivity index (χ4v) is 3.53. The van der Waals surface area contributed by atoms with Gasteiger partial charge in [0.25, 0.3) is 11.7 Å². The topological polar surface area (TPSA) is 104 Å². The number of para-hydroxylation sites is 1. The molecule has 0 unspecified atom stereocenters. The number of carbonyl (C=O) groups excluding carboxylic acids is 4. The Bertz CT molecular complexity index is 1250. The molecule has 2 aromatic carbocycles. The summed E-state index contributed by atoms with van der Waals surface area (Å²) in [5.74, 6) is -2.39. The standard InChI is InChI=1S/C24H20N2O6/c1-31-21(27)10-15-6-8-16(9-7-15)12-26-13-19(18-4-2-3-5-20(18)26)23(29)24(30)25-17-11-22(28)32-14-17/h2-9,11,13H,10,12,14H2,1H3,(H,25,30). The van der Waals surface area contributed by atoms with Crippen LogP contribution in [0, 0.1) is 0 Å². The Kier molecular flexibility index (Phi) is 5.85. The van der Waals surface area contributed by atoms with Crippen molar-refractivity contribution in [1.82, 2.24) is 9.88 Å². The molecule has 0 saturated carbocycles. The molecular weight excluding hydrogens is 412 g/mol. The van der Waals surface area contributed by atoms with Crippen LogP contribution < -0.4 is 5.32 Å². The Balaban J connectivity index is 1.57. The van der Waals surface area contributed by atoms with Crippen molar-refractivity contribution in [2.45, 2.75) is 13.0 Å². The number of aromatic nitrogens is 1. The lowest BCUT2D eigenvalue weighted by atomic mass is 10.1. The Morgan fingerprint density at radius 3 is 2.47 bits per heavy atom. The van der Waals surface area contributed by atoms with Crippen LogP contribution in [0.2, 0.25) is 0 Å². The number of esters is 2. The molecule has 8 nitrogen and oxygen atoms in total. The molecular formula is C24H20N2O6. The van der Waals surface area contributed by atoms with Gasteiger partial charge >= 0.3 is 11.9 Å². The summed E-state index contributed by atoms with van der Waals surface area (Å²) in [4.78, 5) is 47.9. The molecule has 0 fully saturated rings. The predicted octanol–water partition coefficient (Wildman–Crippen LogP) is 2.14. The first-order valence-electron chi connectivity index (χ1n) is 9.90. The predicted molar refractivity (Wildman–Crippen MR) is 115 cm³/mol. The minimum Gasteiger partial charge on any atom is -0.469 e. The number of carbonyl (C=O) groups is 4. The number of hydrogen-bond acceptors (Lipinski definition) is 6. The van der Waals surface area contributed by atoms with Crippen LogP contribution in [0.25, 0.3) is 10.9 Å². The number of hydrogen-bond donors (Lipinski definition) is 1. The third-order valence-electron chi connectivity index (χ3n) is 5.13. The molecule has 4 rings (SSSR count). The van der Waals surface area contributed by atoms with Gasteiger partial charge in [-0.1, -0.05) is 42.5 Å². The fourth-order valence-electron chi connectivity index (χ4n) is 3.53. The van der Waals surface area contributed by atoms with Gasteiger partial charge in [0.05, 0.1) is 24.8 Å². The molecule has 1 aliphatic heterocycles. The van der Waals surface area contributed by atoms with Crippen LogP contribution in [-0.2, 0) is 36.8 Å². The number of nitrogens with zero attached hydrogens (tertiary/aromatic N) is 1. The summed E-state index contributed by atoms with van der Waals surface area (Å²) in [6, 6.07) is 14.9. The van der Waals surface area contributed by atoms with Gasteiger partial charge < -0.3 is 19.4 Å². The molecule has 0 spiro atoms. The van der Waals surface area contributed by atoms with Gasteiger partial charge in [0.15, 0.2) is 0 Å². The Morgan fingerprint density at radius 2 is 1.78 bits per heavy atom. The zero-order valence-electron chi connectivity index (χ0n) is 17.3. The molecule has 1 amide bonds. The Labute approximate surface area is 183 Å². The number of methoxy groups -OCH3 is 1. The van der Waals surface area contributed by atoms with Gasteiger partial charge in [0.1, 0.15) is 6.61 Å². The van der Waals surface area contributed by atoms with E-state index >= 15 is 0 Å². The number of amides is 1. The van der Waals surface area contributed by atoms with Crippen LogP contribution in [0.15, 0.2) is 66.5 Å². The zero-order valence-corrected chi connectivity index (χ0v) is 17.3. The second-order valence-corrected chi connectivity index (χ2v) is 7.32. The number of cyclic esters (lactones) is 1. The van der Waals surface area contributed by atoms with Crippen molar-refractivity contribution < 1.29 is 28.7 Å². The van der Waals surface area contributed by atoms with Gasteiger partial charge in [-0.2, -0.15) is 0 Å². The van der Waals surface area contributed by atoms with Gasteiger partial charge in [-0.15, -0.1) is 0 Å². The van der Waals surface area contributed by atoms with Crippen molar-refractivity contribution in [3.63, 3.8) is 0 Å². The number of nitrogens with one attached hydrogen (secondary N) is 1. The third-order valence-corrected chi connectivity index (χ3v) is 5.13. The first-order valence-corrected chi connectivity index (χ1v) is 9.90. The maximum absolute atomic E-state index is 12.8. The van der Waals surface area contributed by atoms with E-state index in [1.165, 1.54) is 7.11 Å². The minimum atomic E-state index is -0.829. The first kappa shape index (κ1) is 21.0. The van der Waals surface area contributed by atoms with E-state index in [-0.39, 0.29) is 30.3 Å². The molecule has 0 saturated heterocycles. The lowest BCUT2D eigenvalue weighted by molar-refractivity contribution is -0.139. The van der Waals surface area contributed by atoms with E-state index in [2.05, 4.69) is 10.1 Å². The minimum absolute atomic E-state index is 0.0639. The summed E-state index contributed by atoms with van der Waals surface area (Å²) < 4.78 is 11.3. The summed E-state index contributed by atoms with van der Waals surface area (Å²) in [6.07, 6.45) is 3.00. The van der Waals surface area contributed by atoms with E-state index in [1.807, 2.05) is 41.0 Å². The van der Waals surface area contributed by atoms with E-state index in [9.17, 15) is 19.2 Å². The molecule has 1 aromatic heterocycles. The molecule has 0 radical (unpaired) electrons. The SMILES string of the molecule is COC(=O)Cc1ccc(Cn2cc(C(=O)C(=O)NC3=CC(=O)OC3)c3ccccc32)cc1. The Morgan fingerprint density at radius 1 is 1.06 bits per heavy atom. The first-order chi connectivity index (χ1) is 15.4. The number of fused-ring (bicyclic) bond motifs is 1. The molecule has 1 aliphatic rings. The smallest absolute Gasteiger partial charge is 0.333 e. The Hall–Kier alpha value is -4.20. The largest absolute Gasteiger partial charge is 0.469 e.